The molecule has 0 aliphatic heterocycles. The van der Waals surface area contributed by atoms with E-state index < -0.39 is 19.9 Å². The molecule has 0 bridgehead atoms. The smallest absolute Gasteiger partial charge is 0.261 e. The third-order valence-electron chi connectivity index (χ3n) is 2.64. The van der Waals surface area contributed by atoms with Crippen molar-refractivity contribution in [3.8, 4) is 0 Å². The maximum Gasteiger partial charge on any atom is 0.261 e. The molecule has 0 amide bonds. The van der Waals surface area contributed by atoms with Gasteiger partial charge in [-0.3, -0.25) is 4.72 Å². The minimum Gasteiger partial charge on any atom is -0.280 e. The molecule has 2 rings (SSSR count). The van der Waals surface area contributed by atoms with Gasteiger partial charge in [-0.25, -0.2) is 16.8 Å². The van der Waals surface area contributed by atoms with Crippen LogP contribution in [-0.2, 0) is 19.9 Å². The molecule has 0 aliphatic rings. The summed E-state index contributed by atoms with van der Waals surface area (Å²) < 4.78 is 50.3. The summed E-state index contributed by atoms with van der Waals surface area (Å²) in [5.41, 5.74) is 0.413. The molecule has 0 saturated heterocycles. The number of rotatable bonds is 4. The van der Waals surface area contributed by atoms with Crippen LogP contribution in [0.2, 0.25) is 0 Å². The highest BCUT2D eigenvalue weighted by Crippen LogP contribution is 2.20. The zero-order valence-electron chi connectivity index (χ0n) is 10.9. The zero-order valence-corrected chi connectivity index (χ0v) is 14.2. The van der Waals surface area contributed by atoms with Crippen LogP contribution in [0.5, 0.6) is 0 Å². The second kappa shape index (κ2) is 5.78. The molecule has 0 atom stereocenters. The average Bonchev–Trinajstić information content (AvgIpc) is 2.37. The van der Waals surface area contributed by atoms with Crippen LogP contribution in [0.1, 0.15) is 0 Å². The van der Waals surface area contributed by atoms with Gasteiger partial charge in [-0.05, 0) is 42.5 Å². The number of benzene rings is 2. The molecule has 0 fully saturated rings. The Balaban J connectivity index is 2.32. The highest BCUT2D eigenvalue weighted by atomic mass is 79.9. The number of halogens is 1. The van der Waals surface area contributed by atoms with Crippen LogP contribution in [0.15, 0.2) is 62.8 Å². The number of nitrogens with one attached hydrogen (secondary N) is 1. The SMILES string of the molecule is CS(=O)(=O)c1ccc(S(=O)(=O)Nc2cccc(Br)c2)cc1. The van der Waals surface area contributed by atoms with Gasteiger partial charge in [0.1, 0.15) is 0 Å². The fourth-order valence-corrected chi connectivity index (χ4v) is 3.71. The van der Waals surface area contributed by atoms with Crippen molar-refractivity contribution in [3.05, 3.63) is 53.0 Å². The van der Waals surface area contributed by atoms with Crippen molar-refractivity contribution in [2.75, 3.05) is 11.0 Å². The quantitative estimate of drug-likeness (QED) is 0.871. The second-order valence-corrected chi connectivity index (χ2v) is 8.97. The first kappa shape index (κ1) is 16.0. The average molecular weight is 390 g/mol. The molecule has 112 valence electrons. The van der Waals surface area contributed by atoms with Gasteiger partial charge in [0.2, 0.25) is 0 Å². The molecule has 0 aliphatic carbocycles. The summed E-state index contributed by atoms with van der Waals surface area (Å²) >= 11 is 3.26. The monoisotopic (exact) mass is 389 g/mol. The maximum atomic E-state index is 12.2. The molecule has 0 aromatic heterocycles. The minimum absolute atomic E-state index is 0.00474. The van der Waals surface area contributed by atoms with Crippen molar-refractivity contribution < 1.29 is 16.8 Å². The summed E-state index contributed by atoms with van der Waals surface area (Å²) in [5, 5.41) is 0. The summed E-state index contributed by atoms with van der Waals surface area (Å²) in [5.74, 6) is 0. The predicted octanol–water partition coefficient (Wildman–Crippen LogP) is 2.65. The first-order valence-electron chi connectivity index (χ1n) is 5.77. The van der Waals surface area contributed by atoms with E-state index in [1.807, 2.05) is 0 Å². The molecule has 0 spiro atoms. The van der Waals surface area contributed by atoms with Crippen molar-refractivity contribution >= 4 is 41.5 Å². The predicted molar refractivity (Wildman–Crippen MR) is 84.5 cm³/mol. The highest BCUT2D eigenvalue weighted by Gasteiger charge is 2.15. The number of hydrogen-bond donors (Lipinski definition) is 1. The van der Waals surface area contributed by atoms with Crippen LogP contribution in [-0.4, -0.2) is 23.1 Å². The molecule has 21 heavy (non-hydrogen) atoms. The lowest BCUT2D eigenvalue weighted by molar-refractivity contribution is 0.597. The Bertz CT molecular complexity index is 859. The normalized spacial score (nSPS) is 12.1. The van der Waals surface area contributed by atoms with Gasteiger partial charge in [0.05, 0.1) is 9.79 Å². The van der Waals surface area contributed by atoms with Crippen molar-refractivity contribution in [1.29, 1.82) is 0 Å². The first-order valence-corrected chi connectivity index (χ1v) is 9.94. The van der Waals surface area contributed by atoms with Crippen LogP contribution in [0, 0.1) is 0 Å². The molecule has 2 aromatic carbocycles. The van der Waals surface area contributed by atoms with Gasteiger partial charge in [0, 0.05) is 16.4 Å². The first-order chi connectivity index (χ1) is 9.68. The molecule has 0 unspecified atom stereocenters. The molecule has 8 heteroatoms. The van der Waals surface area contributed by atoms with Crippen molar-refractivity contribution in [3.63, 3.8) is 0 Å². The van der Waals surface area contributed by atoms with E-state index in [1.165, 1.54) is 24.3 Å². The molecule has 5 nitrogen and oxygen atoms in total. The summed E-state index contributed by atoms with van der Waals surface area (Å²) in [7, 11) is -7.11. The summed E-state index contributed by atoms with van der Waals surface area (Å²) in [4.78, 5) is 0.0683. The molecule has 1 N–H and O–H groups in total. The Morgan fingerprint density at radius 3 is 2.00 bits per heavy atom. The number of sulfone groups is 1. The van der Waals surface area contributed by atoms with Crippen LogP contribution < -0.4 is 4.72 Å². The van der Waals surface area contributed by atoms with E-state index in [2.05, 4.69) is 20.7 Å². The van der Waals surface area contributed by atoms with E-state index in [4.69, 9.17) is 0 Å². The van der Waals surface area contributed by atoms with Crippen molar-refractivity contribution in [1.82, 2.24) is 0 Å². The van der Waals surface area contributed by atoms with Gasteiger partial charge < -0.3 is 0 Å². The van der Waals surface area contributed by atoms with E-state index in [9.17, 15) is 16.8 Å². The Hall–Kier alpha value is -1.38. The van der Waals surface area contributed by atoms with Crippen LogP contribution in [0.3, 0.4) is 0 Å². The zero-order chi connectivity index (χ0) is 15.7. The maximum absolute atomic E-state index is 12.2. The third-order valence-corrected chi connectivity index (χ3v) is 5.66. The summed E-state index contributed by atoms with van der Waals surface area (Å²) in [6, 6.07) is 11.8. The number of anilines is 1. The second-order valence-electron chi connectivity index (χ2n) is 4.36. The Morgan fingerprint density at radius 2 is 1.48 bits per heavy atom. The van der Waals surface area contributed by atoms with Gasteiger partial charge >= 0.3 is 0 Å². The van der Waals surface area contributed by atoms with Gasteiger partial charge in [-0.2, -0.15) is 0 Å². The molecule has 2 aromatic rings. The largest absolute Gasteiger partial charge is 0.280 e. The van der Waals surface area contributed by atoms with E-state index >= 15 is 0 Å². The van der Waals surface area contributed by atoms with Crippen molar-refractivity contribution in [2.24, 2.45) is 0 Å². The van der Waals surface area contributed by atoms with Crippen LogP contribution in [0.4, 0.5) is 5.69 Å². The van der Waals surface area contributed by atoms with Gasteiger partial charge in [-0.15, -0.1) is 0 Å². The number of sulfonamides is 1. The molecule has 0 radical (unpaired) electrons. The fourth-order valence-electron chi connectivity index (χ4n) is 1.63. The van der Waals surface area contributed by atoms with Crippen LogP contribution >= 0.6 is 15.9 Å². The van der Waals surface area contributed by atoms with Crippen molar-refractivity contribution in [2.45, 2.75) is 9.79 Å². The highest BCUT2D eigenvalue weighted by molar-refractivity contribution is 9.10. The lowest BCUT2D eigenvalue weighted by atomic mass is 10.3. The molecular weight excluding hydrogens is 378 g/mol. The fraction of sp³-hybridized carbons (Fsp3) is 0.0769. The third kappa shape index (κ3) is 4.05. The van der Waals surface area contributed by atoms with E-state index in [0.29, 0.717) is 5.69 Å². The summed E-state index contributed by atoms with van der Waals surface area (Å²) in [6.45, 7) is 0. The van der Waals surface area contributed by atoms with Gasteiger partial charge in [-0.1, -0.05) is 22.0 Å². The lowest BCUT2D eigenvalue weighted by Gasteiger charge is -2.08. The van der Waals surface area contributed by atoms with E-state index in [0.717, 1.165) is 10.7 Å². The van der Waals surface area contributed by atoms with E-state index in [1.54, 1.807) is 24.3 Å². The minimum atomic E-state index is -3.76. The Labute approximate surface area is 132 Å². The lowest BCUT2D eigenvalue weighted by Crippen LogP contribution is -2.13. The Morgan fingerprint density at radius 1 is 0.905 bits per heavy atom. The van der Waals surface area contributed by atoms with Gasteiger partial charge in [0.25, 0.3) is 10.0 Å². The standard InChI is InChI=1S/C13H12BrNO4S2/c1-20(16,17)12-5-7-13(8-6-12)21(18,19)15-11-4-2-3-10(14)9-11/h2-9,15H,1H3. The molecule has 0 saturated carbocycles. The number of hydrogen-bond acceptors (Lipinski definition) is 4. The van der Waals surface area contributed by atoms with E-state index in [-0.39, 0.29) is 9.79 Å². The van der Waals surface area contributed by atoms with Crippen LogP contribution in [0.25, 0.3) is 0 Å². The molecule has 0 heterocycles. The topological polar surface area (TPSA) is 80.3 Å². The Kier molecular flexibility index (Phi) is 4.40. The molecular formula is C13H12BrNO4S2. The summed E-state index contributed by atoms with van der Waals surface area (Å²) in [6.07, 6.45) is 1.07. The van der Waals surface area contributed by atoms with Gasteiger partial charge in [0.15, 0.2) is 9.84 Å².